The topological polar surface area (TPSA) is 38.1 Å². The van der Waals surface area contributed by atoms with E-state index in [4.69, 9.17) is 4.42 Å². The van der Waals surface area contributed by atoms with Gasteiger partial charge in [0.25, 0.3) is 0 Å². The molecule has 0 aromatic carbocycles. The Balaban J connectivity index is 1.47. The summed E-state index contributed by atoms with van der Waals surface area (Å²) < 4.78 is 5.96. The first kappa shape index (κ1) is 13.2. The molecule has 0 bridgehead atoms. The number of fused-ring (bicyclic) bond motifs is 1. The molecule has 3 heteroatoms. The number of rotatable bonds is 6. The van der Waals surface area contributed by atoms with E-state index in [0.717, 1.165) is 43.0 Å². The predicted molar refractivity (Wildman–Crippen MR) is 76.1 cm³/mol. The van der Waals surface area contributed by atoms with Gasteiger partial charge in [0.1, 0.15) is 5.76 Å². The van der Waals surface area contributed by atoms with Crippen molar-refractivity contribution in [3.8, 4) is 0 Å². The Kier molecular flexibility index (Phi) is 3.92. The molecule has 2 aliphatic rings. The molecule has 2 saturated carbocycles. The van der Waals surface area contributed by atoms with Crippen LogP contribution in [0.2, 0.25) is 0 Å². The first-order valence-corrected chi connectivity index (χ1v) is 7.91. The van der Waals surface area contributed by atoms with Gasteiger partial charge in [-0.2, -0.15) is 0 Å². The van der Waals surface area contributed by atoms with Gasteiger partial charge in [0, 0.05) is 18.9 Å². The summed E-state index contributed by atoms with van der Waals surface area (Å²) >= 11 is 0. The highest BCUT2D eigenvalue weighted by atomic mass is 16.4. The van der Waals surface area contributed by atoms with Crippen molar-refractivity contribution in [2.75, 3.05) is 13.1 Å². The van der Waals surface area contributed by atoms with E-state index >= 15 is 0 Å². The smallest absolute Gasteiger partial charge is 0.195 e. The first-order valence-electron chi connectivity index (χ1n) is 7.91. The molecule has 106 valence electrons. The minimum Gasteiger partial charge on any atom is -0.445 e. The first-order chi connectivity index (χ1) is 9.25. The van der Waals surface area contributed by atoms with Crippen LogP contribution in [0.4, 0.5) is 0 Å². The monoisotopic (exact) mass is 262 g/mol. The van der Waals surface area contributed by atoms with Gasteiger partial charge in [-0.3, -0.25) is 0 Å². The highest BCUT2D eigenvalue weighted by Crippen LogP contribution is 2.61. The van der Waals surface area contributed by atoms with Crippen molar-refractivity contribution in [1.29, 1.82) is 0 Å². The van der Waals surface area contributed by atoms with Crippen LogP contribution < -0.4 is 5.32 Å². The van der Waals surface area contributed by atoms with Crippen LogP contribution in [0.3, 0.4) is 0 Å². The molecule has 19 heavy (non-hydrogen) atoms. The molecule has 0 aliphatic heterocycles. The van der Waals surface area contributed by atoms with Crippen molar-refractivity contribution in [3.05, 3.63) is 17.8 Å². The third kappa shape index (κ3) is 3.02. The van der Waals surface area contributed by atoms with Gasteiger partial charge < -0.3 is 9.73 Å². The molecule has 0 amide bonds. The van der Waals surface area contributed by atoms with Gasteiger partial charge in [-0.05, 0) is 37.1 Å². The largest absolute Gasteiger partial charge is 0.445 e. The Bertz CT molecular complexity index is 401. The van der Waals surface area contributed by atoms with Gasteiger partial charge in [0.05, 0.1) is 6.20 Å². The highest BCUT2D eigenvalue weighted by molar-refractivity contribution is 5.18. The fourth-order valence-electron chi connectivity index (χ4n) is 3.59. The van der Waals surface area contributed by atoms with Crippen molar-refractivity contribution in [3.63, 3.8) is 0 Å². The lowest BCUT2D eigenvalue weighted by molar-refractivity contribution is 0.438. The summed E-state index contributed by atoms with van der Waals surface area (Å²) in [6.07, 6.45) is 8.54. The number of nitrogens with one attached hydrogen (secondary N) is 1. The quantitative estimate of drug-likeness (QED) is 0.799. The van der Waals surface area contributed by atoms with Crippen LogP contribution in [0.1, 0.15) is 57.1 Å². The number of hydrogen-bond acceptors (Lipinski definition) is 3. The molecule has 3 nitrogen and oxygen atoms in total. The molecular formula is C16H26N2O. The number of hydrogen-bond donors (Lipinski definition) is 1. The molecule has 1 heterocycles. The molecule has 0 spiro atoms. The summed E-state index contributed by atoms with van der Waals surface area (Å²) in [6.45, 7) is 6.49. The molecule has 2 aliphatic carbocycles. The summed E-state index contributed by atoms with van der Waals surface area (Å²) in [5, 5.41) is 3.44. The van der Waals surface area contributed by atoms with Crippen LogP contribution >= 0.6 is 0 Å². The normalized spacial score (nSPS) is 29.5. The van der Waals surface area contributed by atoms with Crippen molar-refractivity contribution < 1.29 is 4.42 Å². The van der Waals surface area contributed by atoms with Gasteiger partial charge in [0.15, 0.2) is 5.89 Å². The summed E-state index contributed by atoms with van der Waals surface area (Å²) in [5.74, 6) is 5.30. The molecule has 2 unspecified atom stereocenters. The lowest BCUT2D eigenvalue weighted by Gasteiger charge is -2.05. The van der Waals surface area contributed by atoms with Crippen molar-refractivity contribution in [1.82, 2.24) is 10.3 Å². The van der Waals surface area contributed by atoms with Crippen molar-refractivity contribution in [2.24, 2.45) is 17.8 Å². The maximum Gasteiger partial charge on any atom is 0.195 e. The molecule has 0 radical (unpaired) electrons. The number of aromatic nitrogens is 1. The van der Waals surface area contributed by atoms with Gasteiger partial charge in [0.2, 0.25) is 0 Å². The van der Waals surface area contributed by atoms with E-state index in [-0.39, 0.29) is 0 Å². The molecular weight excluding hydrogens is 236 g/mol. The SMILES string of the molecule is CC(C)CNCCc1ncc(C2C3CCCCC32)o1. The molecule has 3 rings (SSSR count). The highest BCUT2D eigenvalue weighted by Gasteiger charge is 2.53. The average molecular weight is 262 g/mol. The second kappa shape index (κ2) is 5.66. The summed E-state index contributed by atoms with van der Waals surface area (Å²) in [6, 6.07) is 0. The van der Waals surface area contributed by atoms with Gasteiger partial charge in [-0.15, -0.1) is 0 Å². The average Bonchev–Trinajstić information content (AvgIpc) is 2.95. The van der Waals surface area contributed by atoms with Crippen LogP contribution in [0.15, 0.2) is 10.6 Å². The van der Waals surface area contributed by atoms with E-state index in [1.165, 1.54) is 25.7 Å². The predicted octanol–water partition coefficient (Wildman–Crippen LogP) is 3.37. The van der Waals surface area contributed by atoms with Gasteiger partial charge in [-0.25, -0.2) is 4.98 Å². The van der Waals surface area contributed by atoms with Crippen LogP contribution in [-0.2, 0) is 6.42 Å². The maximum absolute atomic E-state index is 5.96. The zero-order valence-electron chi connectivity index (χ0n) is 12.2. The Hall–Kier alpha value is -0.830. The molecule has 1 aromatic heterocycles. The molecule has 1 aromatic rings. The number of nitrogens with zero attached hydrogens (tertiary/aromatic N) is 1. The standard InChI is InChI=1S/C16H26N2O/c1-11(2)9-17-8-7-15-18-10-14(19-15)16-12-5-3-4-6-13(12)16/h10-13,16-17H,3-9H2,1-2H3. The van der Waals surface area contributed by atoms with E-state index < -0.39 is 0 Å². The van der Waals surface area contributed by atoms with Crippen molar-refractivity contribution in [2.45, 2.75) is 51.9 Å². The minimum absolute atomic E-state index is 0.701. The third-order valence-electron chi connectivity index (χ3n) is 4.62. The van der Waals surface area contributed by atoms with E-state index in [9.17, 15) is 0 Å². The Morgan fingerprint density at radius 1 is 1.32 bits per heavy atom. The fraction of sp³-hybridized carbons (Fsp3) is 0.812. The number of oxazole rings is 1. The van der Waals surface area contributed by atoms with E-state index in [0.29, 0.717) is 11.8 Å². The van der Waals surface area contributed by atoms with E-state index in [1.54, 1.807) is 0 Å². The molecule has 2 fully saturated rings. The minimum atomic E-state index is 0.701. The zero-order chi connectivity index (χ0) is 13.2. The van der Waals surface area contributed by atoms with Crippen LogP contribution in [0.5, 0.6) is 0 Å². The Labute approximate surface area is 116 Å². The summed E-state index contributed by atoms with van der Waals surface area (Å²) in [4.78, 5) is 4.45. The molecule has 1 N–H and O–H groups in total. The van der Waals surface area contributed by atoms with Crippen molar-refractivity contribution >= 4 is 0 Å². The van der Waals surface area contributed by atoms with Crippen LogP contribution in [0.25, 0.3) is 0 Å². The summed E-state index contributed by atoms with van der Waals surface area (Å²) in [7, 11) is 0. The summed E-state index contributed by atoms with van der Waals surface area (Å²) in [5.41, 5.74) is 0. The second-order valence-corrected chi connectivity index (χ2v) is 6.64. The Morgan fingerprint density at radius 2 is 2.05 bits per heavy atom. The third-order valence-corrected chi connectivity index (χ3v) is 4.62. The lowest BCUT2D eigenvalue weighted by atomic mass is 10.0. The van der Waals surface area contributed by atoms with Gasteiger partial charge >= 0.3 is 0 Å². The van der Waals surface area contributed by atoms with E-state index in [1.807, 2.05) is 6.20 Å². The van der Waals surface area contributed by atoms with E-state index in [2.05, 4.69) is 24.1 Å². The second-order valence-electron chi connectivity index (χ2n) is 6.64. The maximum atomic E-state index is 5.96. The molecule has 2 atom stereocenters. The van der Waals surface area contributed by atoms with Gasteiger partial charge in [-0.1, -0.05) is 26.7 Å². The molecule has 0 saturated heterocycles. The Morgan fingerprint density at radius 3 is 2.74 bits per heavy atom. The lowest BCUT2D eigenvalue weighted by Crippen LogP contribution is -2.22. The van der Waals surface area contributed by atoms with Crippen LogP contribution in [-0.4, -0.2) is 18.1 Å². The zero-order valence-corrected chi connectivity index (χ0v) is 12.2. The van der Waals surface area contributed by atoms with Crippen LogP contribution in [0, 0.1) is 17.8 Å². The fourth-order valence-corrected chi connectivity index (χ4v) is 3.59.